The second-order valence-electron chi connectivity index (χ2n) is 5.23. The second-order valence-corrected chi connectivity index (χ2v) is 6.49. The monoisotopic (exact) mass is 373 g/mol. The number of likely N-dealkylation sites (tertiary alicyclic amines) is 1. The number of rotatable bonds is 4. The third-order valence-electron chi connectivity index (χ3n) is 3.58. The molecule has 0 bridgehead atoms. The molecule has 1 aliphatic heterocycles. The number of hydrogen-bond donors (Lipinski definition) is 1. The average Bonchev–Trinajstić information content (AvgIpc) is 3.01. The van der Waals surface area contributed by atoms with Gasteiger partial charge in [0, 0.05) is 18.0 Å². The standard InChI is InChI=1S/C13H12F5NO4S/c1-5-2-8(23-12(14)15)9(24-5)10(20)19-3-6(11(21)22)7(4-19)13(16,17)18/h2,6-7,12H,3-4H2,1H3,(H,21,22)/t6-,7-/m1/s1. The van der Waals surface area contributed by atoms with E-state index in [4.69, 9.17) is 5.11 Å². The quantitative estimate of drug-likeness (QED) is 0.824. The van der Waals surface area contributed by atoms with Gasteiger partial charge in [-0.05, 0) is 13.0 Å². The summed E-state index contributed by atoms with van der Waals surface area (Å²) in [5.74, 6) is -7.06. The van der Waals surface area contributed by atoms with Gasteiger partial charge in [0.05, 0.1) is 11.8 Å². The van der Waals surface area contributed by atoms with E-state index in [1.807, 2.05) is 0 Å². The largest absolute Gasteiger partial charge is 0.481 e. The number of ether oxygens (including phenoxy) is 1. The SMILES string of the molecule is Cc1cc(OC(F)F)c(C(=O)N2C[C@@H](C(F)(F)F)[C@H](C(=O)O)C2)s1. The van der Waals surface area contributed by atoms with Gasteiger partial charge in [-0.2, -0.15) is 22.0 Å². The van der Waals surface area contributed by atoms with Crippen molar-refractivity contribution in [3.8, 4) is 5.75 Å². The van der Waals surface area contributed by atoms with E-state index in [-0.39, 0.29) is 4.88 Å². The van der Waals surface area contributed by atoms with Gasteiger partial charge >= 0.3 is 18.8 Å². The third kappa shape index (κ3) is 3.77. The number of carboxylic acid groups (broad SMARTS) is 1. The zero-order chi connectivity index (χ0) is 18.2. The number of carbonyl (C=O) groups is 2. The molecule has 0 spiro atoms. The maximum atomic E-state index is 12.9. The molecule has 1 amide bonds. The summed E-state index contributed by atoms with van der Waals surface area (Å²) >= 11 is 0.791. The van der Waals surface area contributed by atoms with Crippen LogP contribution in [0.5, 0.6) is 5.75 Å². The van der Waals surface area contributed by atoms with Crippen molar-refractivity contribution in [2.45, 2.75) is 19.7 Å². The molecular weight excluding hydrogens is 361 g/mol. The molecular formula is C13H12F5NO4S. The Hall–Kier alpha value is -1.91. The summed E-state index contributed by atoms with van der Waals surface area (Å²) in [6, 6.07) is 1.18. The summed E-state index contributed by atoms with van der Waals surface area (Å²) in [7, 11) is 0. The number of amides is 1. The van der Waals surface area contributed by atoms with Crippen LogP contribution in [0, 0.1) is 18.8 Å². The van der Waals surface area contributed by atoms with Gasteiger partial charge in [0.25, 0.3) is 5.91 Å². The smallest absolute Gasteiger partial charge is 0.394 e. The minimum Gasteiger partial charge on any atom is -0.481 e. The molecule has 1 fully saturated rings. The van der Waals surface area contributed by atoms with Crippen LogP contribution in [-0.4, -0.2) is 47.8 Å². The number of aryl methyl sites for hydroxylation is 1. The summed E-state index contributed by atoms with van der Waals surface area (Å²) < 4.78 is 67.8. The van der Waals surface area contributed by atoms with Gasteiger partial charge in [-0.15, -0.1) is 11.3 Å². The zero-order valence-corrected chi connectivity index (χ0v) is 13.0. The number of aliphatic carboxylic acids is 1. The van der Waals surface area contributed by atoms with E-state index >= 15 is 0 Å². The predicted octanol–water partition coefficient (Wildman–Crippen LogP) is 2.99. The van der Waals surface area contributed by atoms with Crippen LogP contribution in [0.25, 0.3) is 0 Å². The van der Waals surface area contributed by atoms with Crippen molar-refractivity contribution in [1.82, 2.24) is 4.90 Å². The predicted molar refractivity (Wildman–Crippen MR) is 72.3 cm³/mol. The van der Waals surface area contributed by atoms with E-state index in [1.165, 1.54) is 13.0 Å². The van der Waals surface area contributed by atoms with Crippen LogP contribution in [0.4, 0.5) is 22.0 Å². The Morgan fingerprint density at radius 1 is 1.38 bits per heavy atom. The number of hydrogen-bond acceptors (Lipinski definition) is 4. The number of carbonyl (C=O) groups excluding carboxylic acids is 1. The van der Waals surface area contributed by atoms with Gasteiger partial charge in [-0.3, -0.25) is 9.59 Å². The van der Waals surface area contributed by atoms with E-state index < -0.39 is 55.3 Å². The van der Waals surface area contributed by atoms with Crippen molar-refractivity contribution < 1.29 is 41.4 Å². The number of halogens is 5. The molecule has 0 aromatic carbocycles. The van der Waals surface area contributed by atoms with Gasteiger partial charge in [0.15, 0.2) is 0 Å². The van der Waals surface area contributed by atoms with E-state index in [0.717, 1.165) is 11.3 Å². The van der Waals surface area contributed by atoms with Crippen molar-refractivity contribution >= 4 is 23.2 Å². The first kappa shape index (κ1) is 18.4. The summed E-state index contributed by atoms with van der Waals surface area (Å²) in [5.41, 5.74) is 0. The molecule has 1 N–H and O–H groups in total. The van der Waals surface area contributed by atoms with Gasteiger partial charge in [0.1, 0.15) is 10.6 Å². The van der Waals surface area contributed by atoms with Crippen LogP contribution < -0.4 is 4.74 Å². The number of nitrogens with zero attached hydrogens (tertiary/aromatic N) is 1. The Kier molecular flexibility index (Phi) is 5.02. The Bertz CT molecular complexity index is 645. The number of alkyl halides is 5. The average molecular weight is 373 g/mol. The maximum absolute atomic E-state index is 12.9. The van der Waals surface area contributed by atoms with E-state index in [2.05, 4.69) is 4.74 Å². The molecule has 0 unspecified atom stereocenters. The molecule has 11 heteroatoms. The van der Waals surface area contributed by atoms with Crippen LogP contribution >= 0.6 is 11.3 Å². The van der Waals surface area contributed by atoms with Gasteiger partial charge in [-0.25, -0.2) is 0 Å². The Morgan fingerprint density at radius 2 is 2.00 bits per heavy atom. The molecule has 5 nitrogen and oxygen atoms in total. The number of thiophene rings is 1. The minimum absolute atomic E-state index is 0.278. The topological polar surface area (TPSA) is 66.8 Å². The molecule has 0 aliphatic carbocycles. The molecule has 1 aromatic heterocycles. The third-order valence-corrected chi connectivity index (χ3v) is 4.60. The number of carboxylic acids is 1. The lowest BCUT2D eigenvalue weighted by molar-refractivity contribution is -0.187. The highest BCUT2D eigenvalue weighted by molar-refractivity contribution is 7.14. The molecule has 1 aliphatic rings. The van der Waals surface area contributed by atoms with Gasteiger partial charge in [-0.1, -0.05) is 0 Å². The Balaban J connectivity index is 2.26. The lowest BCUT2D eigenvalue weighted by Crippen LogP contribution is -2.34. The fourth-order valence-electron chi connectivity index (χ4n) is 2.52. The molecule has 24 heavy (non-hydrogen) atoms. The van der Waals surface area contributed by atoms with E-state index in [9.17, 15) is 31.5 Å². The van der Waals surface area contributed by atoms with Crippen molar-refractivity contribution in [1.29, 1.82) is 0 Å². The zero-order valence-electron chi connectivity index (χ0n) is 12.1. The van der Waals surface area contributed by atoms with Crippen molar-refractivity contribution in [2.75, 3.05) is 13.1 Å². The van der Waals surface area contributed by atoms with Crippen molar-refractivity contribution in [3.05, 3.63) is 15.8 Å². The van der Waals surface area contributed by atoms with Gasteiger partial charge < -0.3 is 14.7 Å². The van der Waals surface area contributed by atoms with Crippen LogP contribution in [0.3, 0.4) is 0 Å². The molecule has 2 heterocycles. The fraction of sp³-hybridized carbons (Fsp3) is 0.538. The molecule has 2 rings (SSSR count). The van der Waals surface area contributed by atoms with Crippen LogP contribution in [0.1, 0.15) is 14.5 Å². The first-order chi connectivity index (χ1) is 11.0. The molecule has 2 atom stereocenters. The molecule has 0 radical (unpaired) electrons. The normalized spacial score (nSPS) is 21.4. The summed E-state index contributed by atoms with van der Waals surface area (Å²) in [6.07, 6.45) is -4.79. The van der Waals surface area contributed by atoms with Crippen molar-refractivity contribution in [2.24, 2.45) is 11.8 Å². The van der Waals surface area contributed by atoms with E-state index in [0.29, 0.717) is 9.78 Å². The van der Waals surface area contributed by atoms with Crippen molar-refractivity contribution in [3.63, 3.8) is 0 Å². The molecule has 0 saturated carbocycles. The van der Waals surface area contributed by atoms with Crippen LogP contribution in [0.2, 0.25) is 0 Å². The molecule has 134 valence electrons. The highest BCUT2D eigenvalue weighted by Crippen LogP contribution is 2.39. The fourth-order valence-corrected chi connectivity index (χ4v) is 3.43. The maximum Gasteiger partial charge on any atom is 0.394 e. The summed E-state index contributed by atoms with van der Waals surface area (Å²) in [6.45, 7) is -3.17. The summed E-state index contributed by atoms with van der Waals surface area (Å²) in [4.78, 5) is 24.3. The highest BCUT2D eigenvalue weighted by atomic mass is 32.1. The van der Waals surface area contributed by atoms with E-state index in [1.54, 1.807) is 0 Å². The Morgan fingerprint density at radius 3 is 2.46 bits per heavy atom. The van der Waals surface area contributed by atoms with Gasteiger partial charge in [0.2, 0.25) is 0 Å². The lowest BCUT2D eigenvalue weighted by atomic mass is 9.96. The first-order valence-corrected chi connectivity index (χ1v) is 7.46. The lowest BCUT2D eigenvalue weighted by Gasteiger charge is -2.18. The second kappa shape index (κ2) is 6.54. The van der Waals surface area contributed by atoms with Crippen LogP contribution in [-0.2, 0) is 4.79 Å². The minimum atomic E-state index is -4.79. The summed E-state index contributed by atoms with van der Waals surface area (Å²) in [5, 5.41) is 8.94. The molecule has 1 saturated heterocycles. The molecule has 1 aromatic rings. The first-order valence-electron chi connectivity index (χ1n) is 6.64. The van der Waals surface area contributed by atoms with Crippen LogP contribution in [0.15, 0.2) is 6.07 Å². The Labute approximate surface area is 136 Å². The highest BCUT2D eigenvalue weighted by Gasteiger charge is 2.53.